The first-order chi connectivity index (χ1) is 8.74. The SMILES string of the molecule is CC1CCCC1c1nc(N2CCN[C@H](C)C2)n[nH]1. The number of H-pyrrole nitrogens is 1. The van der Waals surface area contributed by atoms with Gasteiger partial charge in [-0.15, -0.1) is 5.10 Å². The second-order valence-electron chi connectivity index (χ2n) is 5.84. The van der Waals surface area contributed by atoms with Crippen molar-refractivity contribution in [3.8, 4) is 0 Å². The number of rotatable bonds is 2. The molecule has 2 fully saturated rings. The Morgan fingerprint density at radius 1 is 1.28 bits per heavy atom. The maximum atomic E-state index is 4.73. The van der Waals surface area contributed by atoms with Crippen LogP contribution in [0.5, 0.6) is 0 Å². The lowest BCUT2D eigenvalue weighted by atomic mass is 9.98. The largest absolute Gasteiger partial charge is 0.337 e. The van der Waals surface area contributed by atoms with Crippen molar-refractivity contribution < 1.29 is 0 Å². The van der Waals surface area contributed by atoms with Crippen LogP contribution >= 0.6 is 0 Å². The van der Waals surface area contributed by atoms with Crippen molar-refractivity contribution in [3.63, 3.8) is 0 Å². The van der Waals surface area contributed by atoms with Crippen molar-refractivity contribution in [3.05, 3.63) is 5.82 Å². The van der Waals surface area contributed by atoms with E-state index in [1.165, 1.54) is 19.3 Å². The van der Waals surface area contributed by atoms with Crippen LogP contribution in [0.2, 0.25) is 0 Å². The Balaban J connectivity index is 1.72. The zero-order valence-corrected chi connectivity index (χ0v) is 11.3. The van der Waals surface area contributed by atoms with Crippen molar-refractivity contribution in [1.82, 2.24) is 20.5 Å². The maximum absolute atomic E-state index is 4.73. The quantitative estimate of drug-likeness (QED) is 0.834. The molecule has 2 heterocycles. The van der Waals surface area contributed by atoms with E-state index >= 15 is 0 Å². The van der Waals surface area contributed by atoms with Crippen LogP contribution in [-0.4, -0.2) is 40.9 Å². The molecule has 0 bridgehead atoms. The first kappa shape index (κ1) is 12.0. The van der Waals surface area contributed by atoms with Crippen LogP contribution < -0.4 is 10.2 Å². The highest BCUT2D eigenvalue weighted by Crippen LogP contribution is 2.37. The molecule has 0 radical (unpaired) electrons. The van der Waals surface area contributed by atoms with E-state index in [-0.39, 0.29) is 0 Å². The van der Waals surface area contributed by atoms with E-state index in [4.69, 9.17) is 4.98 Å². The summed E-state index contributed by atoms with van der Waals surface area (Å²) < 4.78 is 0. The van der Waals surface area contributed by atoms with Crippen LogP contribution in [0, 0.1) is 5.92 Å². The van der Waals surface area contributed by atoms with E-state index in [0.29, 0.717) is 12.0 Å². The zero-order chi connectivity index (χ0) is 12.5. The number of nitrogens with one attached hydrogen (secondary N) is 2. The van der Waals surface area contributed by atoms with Crippen molar-refractivity contribution >= 4 is 5.95 Å². The molecular weight excluding hydrogens is 226 g/mol. The van der Waals surface area contributed by atoms with Crippen LogP contribution in [0.3, 0.4) is 0 Å². The average molecular weight is 249 g/mol. The Labute approximate surface area is 108 Å². The van der Waals surface area contributed by atoms with Gasteiger partial charge in [0, 0.05) is 31.6 Å². The Bertz CT molecular complexity index is 402. The van der Waals surface area contributed by atoms with Crippen LogP contribution in [0.15, 0.2) is 0 Å². The van der Waals surface area contributed by atoms with Gasteiger partial charge >= 0.3 is 0 Å². The third kappa shape index (κ3) is 2.23. The Hall–Kier alpha value is -1.10. The Morgan fingerprint density at radius 3 is 2.89 bits per heavy atom. The van der Waals surface area contributed by atoms with Crippen molar-refractivity contribution in [2.45, 2.75) is 45.1 Å². The highest BCUT2D eigenvalue weighted by molar-refractivity contribution is 5.30. The molecule has 1 aliphatic carbocycles. The van der Waals surface area contributed by atoms with Gasteiger partial charge in [-0.3, -0.25) is 5.10 Å². The monoisotopic (exact) mass is 249 g/mol. The topological polar surface area (TPSA) is 56.8 Å². The molecule has 0 spiro atoms. The van der Waals surface area contributed by atoms with Gasteiger partial charge in [0.05, 0.1) is 0 Å². The molecule has 2 aliphatic rings. The second kappa shape index (κ2) is 4.88. The van der Waals surface area contributed by atoms with Gasteiger partial charge in [-0.05, 0) is 25.7 Å². The molecule has 2 N–H and O–H groups in total. The molecule has 0 amide bonds. The lowest BCUT2D eigenvalue weighted by Crippen LogP contribution is -2.49. The van der Waals surface area contributed by atoms with E-state index in [1.54, 1.807) is 0 Å². The molecule has 2 unspecified atom stereocenters. The fourth-order valence-electron chi connectivity index (χ4n) is 3.24. The molecule has 0 aromatic carbocycles. The third-order valence-corrected chi connectivity index (χ3v) is 4.36. The van der Waals surface area contributed by atoms with Crippen molar-refractivity contribution in [2.24, 2.45) is 5.92 Å². The number of aromatic nitrogens is 3. The lowest BCUT2D eigenvalue weighted by molar-refractivity contribution is 0.479. The molecule has 3 rings (SSSR count). The number of aromatic amines is 1. The molecule has 1 aromatic heterocycles. The predicted octanol–water partition coefficient (Wildman–Crippen LogP) is 1.51. The van der Waals surface area contributed by atoms with Crippen molar-refractivity contribution in [2.75, 3.05) is 24.5 Å². The van der Waals surface area contributed by atoms with Crippen LogP contribution in [0.4, 0.5) is 5.95 Å². The first-order valence-electron chi connectivity index (χ1n) is 7.14. The molecule has 1 saturated heterocycles. The van der Waals surface area contributed by atoms with E-state index in [2.05, 4.69) is 34.3 Å². The molecule has 5 nitrogen and oxygen atoms in total. The molecule has 1 aromatic rings. The van der Waals surface area contributed by atoms with Crippen LogP contribution in [0.25, 0.3) is 0 Å². The number of hydrogen-bond donors (Lipinski definition) is 2. The normalized spacial score (nSPS) is 33.0. The summed E-state index contributed by atoms with van der Waals surface area (Å²) in [5.41, 5.74) is 0. The van der Waals surface area contributed by atoms with E-state index < -0.39 is 0 Å². The van der Waals surface area contributed by atoms with E-state index in [9.17, 15) is 0 Å². The molecule has 5 heteroatoms. The van der Waals surface area contributed by atoms with Gasteiger partial charge in [0.15, 0.2) is 0 Å². The molecule has 100 valence electrons. The molecule has 3 atom stereocenters. The number of piperazine rings is 1. The number of nitrogens with zero attached hydrogens (tertiary/aromatic N) is 3. The Morgan fingerprint density at radius 2 is 2.17 bits per heavy atom. The average Bonchev–Trinajstić information content (AvgIpc) is 2.97. The van der Waals surface area contributed by atoms with Gasteiger partial charge in [0.25, 0.3) is 0 Å². The zero-order valence-electron chi connectivity index (χ0n) is 11.3. The minimum atomic E-state index is 0.520. The van der Waals surface area contributed by atoms with E-state index in [0.717, 1.165) is 37.3 Å². The molecule has 1 aliphatic heterocycles. The van der Waals surface area contributed by atoms with Crippen LogP contribution in [-0.2, 0) is 0 Å². The Kier molecular flexibility index (Phi) is 3.24. The summed E-state index contributed by atoms with van der Waals surface area (Å²) in [6.45, 7) is 7.55. The first-order valence-corrected chi connectivity index (χ1v) is 7.14. The summed E-state index contributed by atoms with van der Waals surface area (Å²) in [4.78, 5) is 7.01. The summed E-state index contributed by atoms with van der Waals surface area (Å²) in [7, 11) is 0. The highest BCUT2D eigenvalue weighted by atomic mass is 15.4. The summed E-state index contributed by atoms with van der Waals surface area (Å²) >= 11 is 0. The molecular formula is C13H23N5. The minimum absolute atomic E-state index is 0.520. The standard InChI is InChI=1S/C13H23N5/c1-9-4-3-5-11(9)12-15-13(17-16-12)18-7-6-14-10(2)8-18/h9-11,14H,3-8H2,1-2H3,(H,15,16,17)/t9?,10-,11?/m1/s1. The second-order valence-corrected chi connectivity index (χ2v) is 5.84. The fraction of sp³-hybridized carbons (Fsp3) is 0.846. The van der Waals surface area contributed by atoms with Gasteiger partial charge in [0.1, 0.15) is 5.82 Å². The summed E-state index contributed by atoms with van der Waals surface area (Å²) in [5, 5.41) is 11.0. The number of anilines is 1. The molecule has 1 saturated carbocycles. The smallest absolute Gasteiger partial charge is 0.244 e. The summed E-state index contributed by atoms with van der Waals surface area (Å²) in [6.07, 6.45) is 3.91. The van der Waals surface area contributed by atoms with Gasteiger partial charge in [-0.25, -0.2) is 0 Å². The van der Waals surface area contributed by atoms with Gasteiger partial charge in [-0.2, -0.15) is 4.98 Å². The minimum Gasteiger partial charge on any atom is -0.337 e. The van der Waals surface area contributed by atoms with E-state index in [1.807, 2.05) is 0 Å². The summed E-state index contributed by atoms with van der Waals surface area (Å²) in [5.74, 6) is 3.32. The predicted molar refractivity (Wildman–Crippen MR) is 71.8 cm³/mol. The van der Waals surface area contributed by atoms with Gasteiger partial charge in [-0.1, -0.05) is 13.3 Å². The fourth-order valence-corrected chi connectivity index (χ4v) is 3.24. The maximum Gasteiger partial charge on any atom is 0.244 e. The highest BCUT2D eigenvalue weighted by Gasteiger charge is 2.28. The lowest BCUT2D eigenvalue weighted by Gasteiger charge is -2.30. The third-order valence-electron chi connectivity index (χ3n) is 4.36. The van der Waals surface area contributed by atoms with Gasteiger partial charge < -0.3 is 10.2 Å². The molecule has 18 heavy (non-hydrogen) atoms. The van der Waals surface area contributed by atoms with Crippen LogP contribution in [0.1, 0.15) is 44.9 Å². The summed E-state index contributed by atoms with van der Waals surface area (Å²) in [6, 6.07) is 0.520. The van der Waals surface area contributed by atoms with Gasteiger partial charge in [0.2, 0.25) is 5.95 Å². The number of hydrogen-bond acceptors (Lipinski definition) is 4. The van der Waals surface area contributed by atoms with Crippen molar-refractivity contribution in [1.29, 1.82) is 0 Å².